The number of phenols is 3. The van der Waals surface area contributed by atoms with Gasteiger partial charge < -0.3 is 15.3 Å². The fourth-order valence-corrected chi connectivity index (χ4v) is 2.55. The maximum Gasteiger partial charge on any atom is 0.348 e. The topological polar surface area (TPSA) is 111 Å². The number of phenolic OH excluding ortho intramolecular Hbond substituents is 3. The predicted molar refractivity (Wildman–Crippen MR) is 88.7 cm³/mol. The molecule has 0 amide bonds. The Hall–Kier alpha value is -3.22. The first-order chi connectivity index (χ1) is 11.4. The highest BCUT2D eigenvalue weighted by Gasteiger charge is 2.19. The summed E-state index contributed by atoms with van der Waals surface area (Å²) in [6.07, 6.45) is 0. The van der Waals surface area contributed by atoms with E-state index in [1.54, 1.807) is 18.2 Å². The molecule has 0 aliphatic carbocycles. The number of aromatic hydroxyl groups is 3. The first-order valence-corrected chi connectivity index (χ1v) is 7.41. The summed E-state index contributed by atoms with van der Waals surface area (Å²) in [5.41, 5.74) is 0.966. The number of aromatic nitrogens is 3. The SMILES string of the molecule is CC(C)c1cc(-c2n[nH]c(=O)n2-c2ccc(O)cc2)c(O)cc1O. The maximum absolute atomic E-state index is 12.1. The van der Waals surface area contributed by atoms with E-state index in [-0.39, 0.29) is 29.0 Å². The molecule has 0 saturated carbocycles. The van der Waals surface area contributed by atoms with Crippen LogP contribution in [0.4, 0.5) is 0 Å². The van der Waals surface area contributed by atoms with Gasteiger partial charge in [0.25, 0.3) is 0 Å². The number of H-pyrrole nitrogens is 1. The van der Waals surface area contributed by atoms with Gasteiger partial charge in [-0.1, -0.05) is 13.8 Å². The van der Waals surface area contributed by atoms with Gasteiger partial charge in [0, 0.05) is 6.07 Å². The number of nitrogens with one attached hydrogen (secondary N) is 1. The third-order valence-corrected chi connectivity index (χ3v) is 3.79. The van der Waals surface area contributed by atoms with Crippen molar-refractivity contribution in [2.75, 3.05) is 0 Å². The minimum absolute atomic E-state index is 0.0136. The second kappa shape index (κ2) is 5.77. The lowest BCUT2D eigenvalue weighted by molar-refractivity contribution is 0.444. The molecular formula is C17H17N3O4. The normalized spacial score (nSPS) is 11.1. The molecule has 0 bridgehead atoms. The van der Waals surface area contributed by atoms with Gasteiger partial charge in [0.2, 0.25) is 0 Å². The van der Waals surface area contributed by atoms with Crippen LogP contribution in [0.1, 0.15) is 25.3 Å². The van der Waals surface area contributed by atoms with Crippen molar-refractivity contribution >= 4 is 0 Å². The van der Waals surface area contributed by atoms with Crippen LogP contribution in [0.15, 0.2) is 41.2 Å². The summed E-state index contributed by atoms with van der Waals surface area (Å²) in [7, 11) is 0. The molecule has 124 valence electrons. The fraction of sp³-hybridized carbons (Fsp3) is 0.176. The van der Waals surface area contributed by atoms with Gasteiger partial charge in [-0.25, -0.2) is 14.5 Å². The summed E-state index contributed by atoms with van der Waals surface area (Å²) in [5, 5.41) is 35.9. The molecule has 2 aromatic carbocycles. The number of nitrogens with zero attached hydrogens (tertiary/aromatic N) is 2. The van der Waals surface area contributed by atoms with Crippen molar-refractivity contribution in [1.29, 1.82) is 0 Å². The van der Waals surface area contributed by atoms with Gasteiger partial charge in [-0.3, -0.25) is 0 Å². The van der Waals surface area contributed by atoms with Crippen LogP contribution in [-0.2, 0) is 0 Å². The molecule has 0 fully saturated rings. The van der Waals surface area contributed by atoms with Crippen molar-refractivity contribution in [3.05, 3.63) is 52.4 Å². The molecule has 0 unspecified atom stereocenters. The van der Waals surface area contributed by atoms with Gasteiger partial charge in [0.15, 0.2) is 5.82 Å². The number of rotatable bonds is 3. The van der Waals surface area contributed by atoms with E-state index < -0.39 is 5.69 Å². The molecular weight excluding hydrogens is 310 g/mol. The Morgan fingerprint density at radius 2 is 1.71 bits per heavy atom. The molecule has 0 radical (unpaired) electrons. The third-order valence-electron chi connectivity index (χ3n) is 3.79. The summed E-state index contributed by atoms with van der Waals surface area (Å²) in [6, 6.07) is 8.89. The Morgan fingerprint density at radius 3 is 2.33 bits per heavy atom. The molecule has 7 nitrogen and oxygen atoms in total. The third kappa shape index (κ3) is 2.60. The van der Waals surface area contributed by atoms with Crippen LogP contribution in [0.2, 0.25) is 0 Å². The van der Waals surface area contributed by atoms with Crippen molar-refractivity contribution in [3.8, 4) is 34.3 Å². The largest absolute Gasteiger partial charge is 0.508 e. The average Bonchev–Trinajstić information content (AvgIpc) is 2.89. The molecule has 0 spiro atoms. The fourth-order valence-electron chi connectivity index (χ4n) is 2.55. The van der Waals surface area contributed by atoms with Crippen molar-refractivity contribution in [2.24, 2.45) is 0 Å². The summed E-state index contributed by atoms with van der Waals surface area (Å²) in [4.78, 5) is 12.1. The Kier molecular flexibility index (Phi) is 3.76. The molecule has 1 heterocycles. The predicted octanol–water partition coefficient (Wildman–Crippen LogP) is 2.47. The van der Waals surface area contributed by atoms with Crippen LogP contribution in [0.5, 0.6) is 17.2 Å². The second-order valence-corrected chi connectivity index (χ2v) is 5.79. The minimum atomic E-state index is -0.478. The second-order valence-electron chi connectivity index (χ2n) is 5.79. The quantitative estimate of drug-likeness (QED) is 0.590. The average molecular weight is 327 g/mol. The smallest absolute Gasteiger partial charge is 0.348 e. The van der Waals surface area contributed by atoms with Gasteiger partial charge in [0.1, 0.15) is 17.2 Å². The van der Waals surface area contributed by atoms with E-state index in [0.717, 1.165) is 0 Å². The molecule has 0 aliphatic rings. The standard InChI is InChI=1S/C17H17N3O4/c1-9(2)12-7-13(15(23)8-14(12)22)16-18-19-17(24)20(16)10-3-5-11(21)6-4-10/h3-9,21-23H,1-2H3,(H,19,24). The van der Waals surface area contributed by atoms with E-state index in [0.29, 0.717) is 16.8 Å². The Labute approximate surface area is 137 Å². The van der Waals surface area contributed by atoms with E-state index in [9.17, 15) is 20.1 Å². The zero-order valence-corrected chi connectivity index (χ0v) is 13.2. The highest BCUT2D eigenvalue weighted by molar-refractivity contribution is 5.69. The van der Waals surface area contributed by atoms with E-state index in [1.165, 1.54) is 22.8 Å². The Balaban J connectivity index is 2.24. The van der Waals surface area contributed by atoms with E-state index >= 15 is 0 Å². The van der Waals surface area contributed by atoms with Crippen molar-refractivity contribution in [1.82, 2.24) is 14.8 Å². The van der Waals surface area contributed by atoms with Gasteiger partial charge in [0.05, 0.1) is 11.3 Å². The van der Waals surface area contributed by atoms with Crippen LogP contribution in [0.3, 0.4) is 0 Å². The van der Waals surface area contributed by atoms with Crippen molar-refractivity contribution < 1.29 is 15.3 Å². The lowest BCUT2D eigenvalue weighted by Crippen LogP contribution is -2.15. The number of hydrogen-bond acceptors (Lipinski definition) is 5. The molecule has 3 aromatic rings. The van der Waals surface area contributed by atoms with Gasteiger partial charge in [-0.05, 0) is 41.8 Å². The van der Waals surface area contributed by atoms with Crippen LogP contribution in [-0.4, -0.2) is 30.1 Å². The maximum atomic E-state index is 12.1. The summed E-state index contributed by atoms with van der Waals surface area (Å²) >= 11 is 0. The van der Waals surface area contributed by atoms with Crippen LogP contribution < -0.4 is 5.69 Å². The van der Waals surface area contributed by atoms with Gasteiger partial charge >= 0.3 is 5.69 Å². The monoisotopic (exact) mass is 327 g/mol. The van der Waals surface area contributed by atoms with Gasteiger partial charge in [-0.2, -0.15) is 5.10 Å². The molecule has 4 N–H and O–H groups in total. The Morgan fingerprint density at radius 1 is 1.04 bits per heavy atom. The lowest BCUT2D eigenvalue weighted by Gasteiger charge is -2.13. The summed E-state index contributed by atoms with van der Waals surface area (Å²) in [6.45, 7) is 3.82. The van der Waals surface area contributed by atoms with E-state index in [4.69, 9.17) is 0 Å². The molecule has 0 atom stereocenters. The van der Waals surface area contributed by atoms with Crippen LogP contribution in [0.25, 0.3) is 17.1 Å². The molecule has 0 aliphatic heterocycles. The molecule has 3 rings (SSSR count). The minimum Gasteiger partial charge on any atom is -0.508 e. The van der Waals surface area contributed by atoms with Crippen molar-refractivity contribution in [2.45, 2.75) is 19.8 Å². The first-order valence-electron chi connectivity index (χ1n) is 7.41. The molecule has 1 aromatic heterocycles. The van der Waals surface area contributed by atoms with Crippen molar-refractivity contribution in [3.63, 3.8) is 0 Å². The Bertz CT molecular complexity index is 939. The van der Waals surface area contributed by atoms with Crippen LogP contribution >= 0.6 is 0 Å². The molecule has 7 heteroatoms. The zero-order valence-electron chi connectivity index (χ0n) is 13.2. The van der Waals surface area contributed by atoms with Gasteiger partial charge in [-0.15, -0.1) is 0 Å². The summed E-state index contributed by atoms with van der Waals surface area (Å²) < 4.78 is 1.29. The lowest BCUT2D eigenvalue weighted by atomic mass is 9.98. The molecule has 24 heavy (non-hydrogen) atoms. The van der Waals surface area contributed by atoms with Crippen LogP contribution in [0, 0.1) is 0 Å². The highest BCUT2D eigenvalue weighted by Crippen LogP contribution is 2.37. The van der Waals surface area contributed by atoms with E-state index in [1.807, 2.05) is 13.8 Å². The number of aromatic amines is 1. The first kappa shape index (κ1) is 15.7. The zero-order chi connectivity index (χ0) is 17.4. The number of benzene rings is 2. The van der Waals surface area contributed by atoms with E-state index in [2.05, 4.69) is 10.2 Å². The number of hydrogen-bond donors (Lipinski definition) is 4. The highest BCUT2D eigenvalue weighted by atomic mass is 16.3. The molecule has 0 saturated heterocycles. The summed E-state index contributed by atoms with van der Waals surface area (Å²) in [5.74, 6) is 0.116.